The number of nitrogens with zero attached hydrogens (tertiary/aromatic N) is 3. The Balaban J connectivity index is 1.53. The summed E-state index contributed by atoms with van der Waals surface area (Å²) in [6.45, 7) is 6.73. The maximum absolute atomic E-state index is 6.22. The summed E-state index contributed by atoms with van der Waals surface area (Å²) in [7, 11) is 0. The summed E-state index contributed by atoms with van der Waals surface area (Å²) < 4.78 is 5.88. The minimum absolute atomic E-state index is 0.323. The molecule has 1 saturated heterocycles. The summed E-state index contributed by atoms with van der Waals surface area (Å²) in [6.07, 6.45) is 4.50. The Hall–Kier alpha value is -3.38. The molecule has 3 aromatic rings. The van der Waals surface area contributed by atoms with E-state index in [4.69, 9.17) is 10.5 Å². The van der Waals surface area contributed by atoms with Crippen molar-refractivity contribution in [1.82, 2.24) is 14.9 Å². The number of nitrogens with two attached hydrogens (primary N) is 1. The number of ether oxygens (including phenoxy) is 1. The fourth-order valence-corrected chi connectivity index (χ4v) is 3.60. The first-order valence-corrected chi connectivity index (χ1v) is 9.76. The second kappa shape index (κ2) is 8.75. The fraction of sp³-hybridized carbons (Fsp3) is 0.217. The van der Waals surface area contributed by atoms with E-state index in [9.17, 15) is 0 Å². The van der Waals surface area contributed by atoms with E-state index >= 15 is 0 Å². The first kappa shape index (κ1) is 19.0. The number of nitrogen functional groups attached to an aromatic ring is 1. The average molecular weight is 387 g/mol. The van der Waals surface area contributed by atoms with Crippen LogP contribution in [0, 0.1) is 0 Å². The van der Waals surface area contributed by atoms with Crippen molar-refractivity contribution in [3.05, 3.63) is 73.6 Å². The molecule has 0 spiro atoms. The van der Waals surface area contributed by atoms with Gasteiger partial charge in [-0.15, -0.1) is 6.58 Å². The maximum Gasteiger partial charge on any atom is 0.139 e. The quantitative estimate of drug-likeness (QED) is 0.592. The van der Waals surface area contributed by atoms with E-state index in [1.165, 1.54) is 6.33 Å². The molecule has 0 aliphatic carbocycles. The van der Waals surface area contributed by atoms with Crippen LogP contribution in [0.3, 0.4) is 0 Å². The van der Waals surface area contributed by atoms with Crippen LogP contribution in [0.15, 0.2) is 73.6 Å². The molecule has 1 aromatic heterocycles. The van der Waals surface area contributed by atoms with Crippen molar-refractivity contribution < 1.29 is 4.74 Å². The molecule has 0 bridgehead atoms. The largest absolute Gasteiger partial charge is 0.457 e. The van der Waals surface area contributed by atoms with Gasteiger partial charge in [0, 0.05) is 25.7 Å². The van der Waals surface area contributed by atoms with Crippen LogP contribution < -0.4 is 15.8 Å². The molecule has 0 unspecified atom stereocenters. The van der Waals surface area contributed by atoms with Gasteiger partial charge in [0.1, 0.15) is 29.5 Å². The highest BCUT2D eigenvalue weighted by Crippen LogP contribution is 2.33. The number of hydrogen-bond donors (Lipinski definition) is 2. The van der Waals surface area contributed by atoms with Gasteiger partial charge in [0.05, 0.1) is 5.56 Å². The standard InChI is InChI=1S/C23H25N5O/c1-2-13-28-14-12-18(15-28)27-23-21(22(24)25-16-26-23)17-8-10-20(11-9-17)29-19-6-4-3-5-7-19/h2-11,16,18H,1,12-15H2,(H3,24,25,26,27)/t18-/m0/s1. The van der Waals surface area contributed by atoms with Crippen LogP contribution in [0.5, 0.6) is 11.5 Å². The summed E-state index contributed by atoms with van der Waals surface area (Å²) in [6, 6.07) is 17.9. The molecule has 0 radical (unpaired) electrons. The van der Waals surface area contributed by atoms with E-state index < -0.39 is 0 Å². The van der Waals surface area contributed by atoms with E-state index in [1.54, 1.807) is 0 Å². The molecule has 1 aliphatic heterocycles. The molecule has 2 aromatic carbocycles. The molecule has 6 nitrogen and oxygen atoms in total. The number of aromatic nitrogens is 2. The van der Waals surface area contributed by atoms with Gasteiger partial charge in [-0.05, 0) is 36.2 Å². The van der Waals surface area contributed by atoms with Crippen molar-refractivity contribution in [3.63, 3.8) is 0 Å². The lowest BCUT2D eigenvalue weighted by Gasteiger charge is -2.18. The molecule has 2 heterocycles. The smallest absolute Gasteiger partial charge is 0.139 e. The Labute approximate surface area is 171 Å². The van der Waals surface area contributed by atoms with Gasteiger partial charge in [-0.3, -0.25) is 4.90 Å². The Kier molecular flexibility index (Phi) is 5.72. The lowest BCUT2D eigenvalue weighted by atomic mass is 10.1. The minimum atomic E-state index is 0.323. The molecule has 0 saturated carbocycles. The van der Waals surface area contributed by atoms with Crippen molar-refractivity contribution in [3.8, 4) is 22.6 Å². The molecule has 6 heteroatoms. The Morgan fingerprint density at radius 3 is 2.62 bits per heavy atom. The van der Waals surface area contributed by atoms with Gasteiger partial charge >= 0.3 is 0 Å². The van der Waals surface area contributed by atoms with Crippen molar-refractivity contribution in [2.24, 2.45) is 0 Å². The molecule has 29 heavy (non-hydrogen) atoms. The average Bonchev–Trinajstić information content (AvgIpc) is 3.17. The topological polar surface area (TPSA) is 76.3 Å². The number of rotatable bonds is 7. The van der Waals surface area contributed by atoms with Crippen LogP contribution in [-0.2, 0) is 0 Å². The van der Waals surface area contributed by atoms with Crippen LogP contribution in [0.2, 0.25) is 0 Å². The number of hydrogen-bond acceptors (Lipinski definition) is 6. The zero-order chi connectivity index (χ0) is 20.1. The Bertz CT molecular complexity index is 959. The SMILES string of the molecule is C=CCN1CC[C@H](Nc2ncnc(N)c2-c2ccc(Oc3ccccc3)cc2)C1. The van der Waals surface area contributed by atoms with Crippen molar-refractivity contribution >= 4 is 11.6 Å². The first-order chi connectivity index (χ1) is 14.2. The zero-order valence-electron chi connectivity index (χ0n) is 16.3. The summed E-state index contributed by atoms with van der Waals surface area (Å²) in [5.74, 6) is 2.79. The molecule has 3 N–H and O–H groups in total. The molecule has 1 fully saturated rings. The van der Waals surface area contributed by atoms with E-state index in [1.807, 2.05) is 60.7 Å². The maximum atomic E-state index is 6.22. The van der Waals surface area contributed by atoms with Crippen LogP contribution in [-0.4, -0.2) is 40.5 Å². The van der Waals surface area contributed by atoms with Gasteiger partial charge in [-0.1, -0.05) is 36.4 Å². The molecule has 0 amide bonds. The van der Waals surface area contributed by atoms with E-state index in [0.717, 1.165) is 54.5 Å². The highest BCUT2D eigenvalue weighted by atomic mass is 16.5. The third kappa shape index (κ3) is 4.55. The predicted octanol–water partition coefficient (Wildman–Crippen LogP) is 4.19. The zero-order valence-corrected chi connectivity index (χ0v) is 16.3. The van der Waals surface area contributed by atoms with Crippen LogP contribution in [0.4, 0.5) is 11.6 Å². The third-order valence-corrected chi connectivity index (χ3v) is 5.00. The van der Waals surface area contributed by atoms with Gasteiger partial charge in [0.2, 0.25) is 0 Å². The summed E-state index contributed by atoms with van der Waals surface area (Å²) in [5, 5.41) is 3.55. The summed E-state index contributed by atoms with van der Waals surface area (Å²) in [4.78, 5) is 11.0. The molecular weight excluding hydrogens is 362 g/mol. The monoisotopic (exact) mass is 387 g/mol. The van der Waals surface area contributed by atoms with Crippen molar-refractivity contribution in [1.29, 1.82) is 0 Å². The fourth-order valence-electron chi connectivity index (χ4n) is 3.60. The first-order valence-electron chi connectivity index (χ1n) is 9.76. The van der Waals surface area contributed by atoms with Crippen LogP contribution in [0.1, 0.15) is 6.42 Å². The highest BCUT2D eigenvalue weighted by Gasteiger charge is 2.23. The van der Waals surface area contributed by atoms with Crippen LogP contribution in [0.25, 0.3) is 11.1 Å². The molecule has 4 rings (SSSR count). The second-order valence-corrected chi connectivity index (χ2v) is 7.10. The van der Waals surface area contributed by atoms with Crippen LogP contribution >= 0.6 is 0 Å². The van der Waals surface area contributed by atoms with Gasteiger partial charge in [-0.2, -0.15) is 0 Å². The van der Waals surface area contributed by atoms with E-state index in [0.29, 0.717) is 11.9 Å². The van der Waals surface area contributed by atoms with Crippen molar-refractivity contribution in [2.75, 3.05) is 30.7 Å². The molecular formula is C23H25N5O. The highest BCUT2D eigenvalue weighted by molar-refractivity contribution is 5.83. The number of benzene rings is 2. The third-order valence-electron chi connectivity index (χ3n) is 5.00. The van der Waals surface area contributed by atoms with Crippen molar-refractivity contribution in [2.45, 2.75) is 12.5 Å². The lowest BCUT2D eigenvalue weighted by Crippen LogP contribution is -2.27. The summed E-state index contributed by atoms with van der Waals surface area (Å²) in [5.41, 5.74) is 7.99. The Morgan fingerprint density at radius 1 is 1.10 bits per heavy atom. The normalized spacial score (nSPS) is 16.5. The number of anilines is 2. The van der Waals surface area contributed by atoms with Gasteiger partial charge in [0.15, 0.2) is 0 Å². The predicted molar refractivity (Wildman–Crippen MR) is 117 cm³/mol. The number of likely N-dealkylation sites (tertiary alicyclic amines) is 1. The minimum Gasteiger partial charge on any atom is -0.457 e. The van der Waals surface area contributed by atoms with Gasteiger partial charge in [-0.25, -0.2) is 9.97 Å². The van der Waals surface area contributed by atoms with Gasteiger partial charge < -0.3 is 15.8 Å². The molecule has 1 atom stereocenters. The van der Waals surface area contributed by atoms with Gasteiger partial charge in [0.25, 0.3) is 0 Å². The Morgan fingerprint density at radius 2 is 1.86 bits per heavy atom. The summed E-state index contributed by atoms with van der Waals surface area (Å²) >= 11 is 0. The molecule has 1 aliphatic rings. The number of para-hydroxylation sites is 1. The second-order valence-electron chi connectivity index (χ2n) is 7.10. The lowest BCUT2D eigenvalue weighted by molar-refractivity contribution is 0.374. The molecule has 148 valence electrons. The van der Waals surface area contributed by atoms with E-state index in [2.05, 4.69) is 26.8 Å². The number of nitrogens with one attached hydrogen (secondary N) is 1. The van der Waals surface area contributed by atoms with E-state index in [-0.39, 0.29) is 0 Å².